The normalized spacial score (nSPS) is 23.3. The van der Waals surface area contributed by atoms with Gasteiger partial charge in [-0.3, -0.25) is 0 Å². The molecule has 0 saturated heterocycles. The number of H-pyrrole nitrogens is 1. The van der Waals surface area contributed by atoms with Gasteiger partial charge in [-0.1, -0.05) is 13.8 Å². The van der Waals surface area contributed by atoms with Crippen molar-refractivity contribution in [2.45, 2.75) is 45.5 Å². The summed E-state index contributed by atoms with van der Waals surface area (Å²) < 4.78 is 45.0. The summed E-state index contributed by atoms with van der Waals surface area (Å²) in [7, 11) is 0. The molecule has 1 saturated carbocycles. The molecule has 0 amide bonds. The number of halogens is 3. The van der Waals surface area contributed by atoms with Gasteiger partial charge in [-0.25, -0.2) is 9.89 Å². The molecule has 4 N–H and O–H groups in total. The Morgan fingerprint density at radius 1 is 1.42 bits per heavy atom. The number of hydrogen-bond donors (Lipinski definition) is 3. The monoisotopic (exact) mass is 370 g/mol. The third-order valence-corrected chi connectivity index (χ3v) is 5.42. The van der Waals surface area contributed by atoms with Crippen LogP contribution < -0.4 is 16.8 Å². The van der Waals surface area contributed by atoms with E-state index in [4.69, 9.17) is 10.2 Å². The van der Waals surface area contributed by atoms with Crippen LogP contribution in [0.2, 0.25) is 0 Å². The van der Waals surface area contributed by atoms with Crippen LogP contribution in [0, 0.1) is 11.3 Å². The van der Waals surface area contributed by atoms with Crippen molar-refractivity contribution in [2.75, 3.05) is 5.32 Å². The minimum Gasteiger partial charge on any atom is -0.388 e. The minimum absolute atomic E-state index is 0.0310. The SMILES string of the molecule is CC(Nc1cc(-c2n[nH]c(=O)o2)ccc1C(F)(F)F)[C@@H]1C[C@H](N)C1(C)C. The number of hydrogen-bond acceptors (Lipinski definition) is 5. The lowest BCUT2D eigenvalue weighted by molar-refractivity contribution is -0.137. The van der Waals surface area contributed by atoms with Crippen molar-refractivity contribution in [3.05, 3.63) is 34.3 Å². The molecule has 0 spiro atoms. The van der Waals surface area contributed by atoms with Crippen molar-refractivity contribution in [3.63, 3.8) is 0 Å². The number of aromatic amines is 1. The molecule has 0 radical (unpaired) electrons. The molecule has 2 aromatic rings. The van der Waals surface area contributed by atoms with E-state index in [2.05, 4.69) is 15.5 Å². The van der Waals surface area contributed by atoms with Gasteiger partial charge in [0, 0.05) is 23.3 Å². The number of alkyl halides is 3. The molecule has 142 valence electrons. The third kappa shape index (κ3) is 3.23. The summed E-state index contributed by atoms with van der Waals surface area (Å²) in [4.78, 5) is 11.1. The molecule has 3 atom stereocenters. The number of anilines is 1. The second-order valence-electron chi connectivity index (χ2n) is 7.38. The molecule has 1 aromatic heterocycles. The second kappa shape index (κ2) is 6.15. The van der Waals surface area contributed by atoms with Gasteiger partial charge in [0.15, 0.2) is 0 Å². The molecule has 0 bridgehead atoms. The topological polar surface area (TPSA) is 96.9 Å². The lowest BCUT2D eigenvalue weighted by Crippen LogP contribution is -2.59. The highest BCUT2D eigenvalue weighted by molar-refractivity contribution is 5.65. The van der Waals surface area contributed by atoms with Crippen LogP contribution in [0.4, 0.5) is 18.9 Å². The molecule has 1 aliphatic rings. The molecule has 1 aromatic carbocycles. The molecule has 3 rings (SSSR count). The second-order valence-corrected chi connectivity index (χ2v) is 7.38. The number of nitrogens with two attached hydrogens (primary N) is 1. The van der Waals surface area contributed by atoms with Crippen LogP contribution in [-0.2, 0) is 6.18 Å². The number of nitrogens with one attached hydrogen (secondary N) is 2. The smallest absolute Gasteiger partial charge is 0.388 e. The van der Waals surface area contributed by atoms with E-state index >= 15 is 0 Å². The van der Waals surface area contributed by atoms with E-state index in [0.29, 0.717) is 0 Å². The van der Waals surface area contributed by atoms with Crippen molar-refractivity contribution in [1.29, 1.82) is 0 Å². The highest BCUT2D eigenvalue weighted by Crippen LogP contribution is 2.48. The van der Waals surface area contributed by atoms with Crippen molar-refractivity contribution < 1.29 is 17.6 Å². The molecule has 6 nitrogen and oxygen atoms in total. The van der Waals surface area contributed by atoms with Crippen LogP contribution in [0.15, 0.2) is 27.4 Å². The molecule has 1 fully saturated rings. The summed E-state index contributed by atoms with van der Waals surface area (Å²) in [5.41, 5.74) is 5.27. The van der Waals surface area contributed by atoms with E-state index in [1.54, 1.807) is 0 Å². The van der Waals surface area contributed by atoms with Gasteiger partial charge in [-0.2, -0.15) is 13.2 Å². The Balaban J connectivity index is 1.94. The van der Waals surface area contributed by atoms with Gasteiger partial charge < -0.3 is 15.5 Å². The first kappa shape index (κ1) is 18.5. The van der Waals surface area contributed by atoms with E-state index in [-0.39, 0.29) is 40.6 Å². The highest BCUT2D eigenvalue weighted by atomic mass is 19.4. The van der Waals surface area contributed by atoms with Gasteiger partial charge >= 0.3 is 11.9 Å². The summed E-state index contributed by atoms with van der Waals surface area (Å²) in [5.74, 6) is -0.691. The Morgan fingerprint density at radius 3 is 2.62 bits per heavy atom. The first-order chi connectivity index (χ1) is 12.0. The predicted octanol–water partition coefficient (Wildman–Crippen LogP) is 3.22. The summed E-state index contributed by atoms with van der Waals surface area (Å²) in [6.45, 7) is 5.88. The molecule has 1 unspecified atom stereocenters. The summed E-state index contributed by atoms with van der Waals surface area (Å²) in [5, 5.41) is 8.74. The number of benzene rings is 1. The maximum atomic E-state index is 13.4. The first-order valence-electron chi connectivity index (χ1n) is 8.29. The standard InChI is InChI=1S/C17H21F3N4O2/c1-8(11-7-13(21)16(11,2)3)22-12-6-9(14-23-24-15(25)26-14)4-5-10(12)17(18,19)20/h4-6,8,11,13,22H,7,21H2,1-3H3,(H,24,25)/t8?,11-,13-/m0/s1. The van der Waals surface area contributed by atoms with E-state index in [0.717, 1.165) is 12.5 Å². The first-order valence-corrected chi connectivity index (χ1v) is 8.29. The van der Waals surface area contributed by atoms with Crippen LogP contribution in [-0.4, -0.2) is 22.3 Å². The van der Waals surface area contributed by atoms with Gasteiger partial charge in [-0.15, -0.1) is 5.10 Å². The largest absolute Gasteiger partial charge is 0.434 e. The van der Waals surface area contributed by atoms with Crippen LogP contribution in [0.1, 0.15) is 32.8 Å². The zero-order valence-electron chi connectivity index (χ0n) is 14.6. The molecule has 9 heteroatoms. The van der Waals surface area contributed by atoms with Gasteiger partial charge in [0.1, 0.15) is 0 Å². The highest BCUT2D eigenvalue weighted by Gasteiger charge is 2.48. The Labute approximate surface area is 148 Å². The molecule has 1 heterocycles. The zero-order valence-corrected chi connectivity index (χ0v) is 14.6. The fourth-order valence-electron chi connectivity index (χ4n) is 3.59. The van der Waals surface area contributed by atoms with E-state index < -0.39 is 17.5 Å². The summed E-state index contributed by atoms with van der Waals surface area (Å²) in [6, 6.07) is 3.29. The molecular formula is C17H21F3N4O2. The summed E-state index contributed by atoms with van der Waals surface area (Å²) >= 11 is 0. The summed E-state index contributed by atoms with van der Waals surface area (Å²) in [6.07, 6.45) is -3.77. The molecule has 26 heavy (non-hydrogen) atoms. The molecule has 1 aliphatic carbocycles. The van der Waals surface area contributed by atoms with Crippen LogP contribution in [0.5, 0.6) is 0 Å². The molecular weight excluding hydrogens is 349 g/mol. The quantitative estimate of drug-likeness (QED) is 0.768. The van der Waals surface area contributed by atoms with Crippen LogP contribution >= 0.6 is 0 Å². The van der Waals surface area contributed by atoms with Crippen molar-refractivity contribution in [3.8, 4) is 11.5 Å². The zero-order chi connectivity index (χ0) is 19.3. The van der Waals surface area contributed by atoms with Gasteiger partial charge in [0.25, 0.3) is 0 Å². The van der Waals surface area contributed by atoms with Crippen LogP contribution in [0.3, 0.4) is 0 Å². The number of nitrogens with zero attached hydrogens (tertiary/aromatic N) is 1. The Hall–Kier alpha value is -2.29. The third-order valence-electron chi connectivity index (χ3n) is 5.42. The van der Waals surface area contributed by atoms with Gasteiger partial charge in [0.05, 0.1) is 5.56 Å². The Bertz CT molecular complexity index is 856. The van der Waals surface area contributed by atoms with Crippen molar-refractivity contribution in [2.24, 2.45) is 17.1 Å². The van der Waals surface area contributed by atoms with Crippen molar-refractivity contribution in [1.82, 2.24) is 10.2 Å². The Kier molecular flexibility index (Phi) is 4.38. The lowest BCUT2D eigenvalue weighted by atomic mass is 9.56. The lowest BCUT2D eigenvalue weighted by Gasteiger charge is -2.53. The van der Waals surface area contributed by atoms with Crippen molar-refractivity contribution >= 4 is 5.69 Å². The maximum absolute atomic E-state index is 13.4. The van der Waals surface area contributed by atoms with Gasteiger partial charge in [-0.05, 0) is 42.9 Å². The van der Waals surface area contributed by atoms with Crippen LogP contribution in [0.25, 0.3) is 11.5 Å². The fraction of sp³-hybridized carbons (Fsp3) is 0.529. The van der Waals surface area contributed by atoms with E-state index in [1.807, 2.05) is 20.8 Å². The van der Waals surface area contributed by atoms with E-state index in [9.17, 15) is 18.0 Å². The number of aromatic nitrogens is 2. The van der Waals surface area contributed by atoms with E-state index in [1.165, 1.54) is 12.1 Å². The average molecular weight is 370 g/mol. The Morgan fingerprint density at radius 2 is 2.12 bits per heavy atom. The molecule has 0 aliphatic heterocycles. The predicted molar refractivity (Wildman–Crippen MR) is 90.5 cm³/mol. The maximum Gasteiger partial charge on any atom is 0.434 e. The fourth-order valence-corrected chi connectivity index (χ4v) is 3.59. The minimum atomic E-state index is -4.52. The number of rotatable bonds is 4. The average Bonchev–Trinajstić information content (AvgIpc) is 2.97. The van der Waals surface area contributed by atoms with Gasteiger partial charge in [0.2, 0.25) is 5.89 Å².